The summed E-state index contributed by atoms with van der Waals surface area (Å²) in [5.74, 6) is 0.663. The number of para-hydroxylation sites is 2. The number of carbonyl (C=O) groups excluding carboxylic acids is 2. The molecule has 6 nitrogen and oxygen atoms in total. The van der Waals surface area contributed by atoms with Crippen LogP contribution in [-0.2, 0) is 0 Å². The van der Waals surface area contributed by atoms with Gasteiger partial charge >= 0.3 is 0 Å². The van der Waals surface area contributed by atoms with E-state index in [2.05, 4.69) is 0 Å². The molecule has 2 aromatic carbocycles. The first kappa shape index (κ1) is 20.4. The third-order valence-corrected chi connectivity index (χ3v) is 5.50. The fraction of sp³-hybridized carbons (Fsp3) is 0.182. The van der Waals surface area contributed by atoms with Gasteiger partial charge in [-0.05, 0) is 24.3 Å². The van der Waals surface area contributed by atoms with Gasteiger partial charge in [-0.3, -0.25) is 9.59 Å². The number of ether oxygens (including phenoxy) is 4. The second-order valence-electron chi connectivity index (χ2n) is 5.89. The molecule has 1 heterocycles. The fourth-order valence-corrected chi connectivity index (χ4v) is 4.13. The zero-order valence-corrected chi connectivity index (χ0v) is 17.3. The summed E-state index contributed by atoms with van der Waals surface area (Å²) in [6, 6.07) is 13.8. The molecule has 0 saturated heterocycles. The van der Waals surface area contributed by atoms with Crippen molar-refractivity contribution in [3.8, 4) is 23.0 Å². The summed E-state index contributed by atoms with van der Waals surface area (Å²) in [7, 11) is 5.85. The molecule has 7 heteroatoms. The van der Waals surface area contributed by atoms with Crippen molar-refractivity contribution < 1.29 is 28.5 Å². The van der Waals surface area contributed by atoms with Crippen LogP contribution in [0.1, 0.15) is 30.5 Å². The lowest BCUT2D eigenvalue weighted by atomic mass is 10.1. The van der Waals surface area contributed by atoms with Gasteiger partial charge in [0.2, 0.25) is 11.6 Å². The maximum absolute atomic E-state index is 13.2. The second kappa shape index (κ2) is 8.79. The van der Waals surface area contributed by atoms with E-state index in [4.69, 9.17) is 18.9 Å². The van der Waals surface area contributed by atoms with Gasteiger partial charge in [0.25, 0.3) is 0 Å². The van der Waals surface area contributed by atoms with Gasteiger partial charge in [0.1, 0.15) is 21.3 Å². The van der Waals surface area contributed by atoms with Gasteiger partial charge < -0.3 is 18.9 Å². The topological polar surface area (TPSA) is 71.1 Å². The van der Waals surface area contributed by atoms with Crippen molar-refractivity contribution in [3.63, 3.8) is 0 Å². The van der Waals surface area contributed by atoms with Gasteiger partial charge in [0.15, 0.2) is 11.5 Å². The number of rotatable bonds is 8. The van der Waals surface area contributed by atoms with Crippen molar-refractivity contribution in [2.24, 2.45) is 0 Å². The van der Waals surface area contributed by atoms with Gasteiger partial charge in [-0.15, -0.1) is 11.3 Å². The third kappa shape index (κ3) is 3.69. The minimum absolute atomic E-state index is 0.214. The zero-order chi connectivity index (χ0) is 21.0. The molecule has 0 N–H and O–H groups in total. The maximum Gasteiger partial charge on any atom is 0.210 e. The molecule has 1 aromatic heterocycles. The zero-order valence-electron chi connectivity index (χ0n) is 16.5. The normalized spacial score (nSPS) is 10.3. The quantitative estimate of drug-likeness (QED) is 0.515. The van der Waals surface area contributed by atoms with E-state index >= 15 is 0 Å². The third-order valence-electron chi connectivity index (χ3n) is 4.35. The first-order valence-electron chi connectivity index (χ1n) is 8.67. The Morgan fingerprint density at radius 1 is 0.621 bits per heavy atom. The number of carbonyl (C=O) groups is 2. The number of methoxy groups -OCH3 is 4. The average Bonchev–Trinajstić information content (AvgIpc) is 3.16. The molecule has 0 bridgehead atoms. The van der Waals surface area contributed by atoms with Crippen LogP contribution in [0, 0.1) is 0 Å². The molecule has 0 aliphatic heterocycles. The van der Waals surface area contributed by atoms with Crippen molar-refractivity contribution in [2.45, 2.75) is 0 Å². The Hall–Kier alpha value is -3.32. The molecule has 0 saturated carbocycles. The Balaban J connectivity index is 2.15. The van der Waals surface area contributed by atoms with E-state index < -0.39 is 0 Å². The van der Waals surface area contributed by atoms with Crippen LogP contribution in [0.25, 0.3) is 0 Å². The van der Waals surface area contributed by atoms with Crippen LogP contribution in [0.4, 0.5) is 0 Å². The standard InChI is InChI=1S/C22H20O6S/c1-25-15-11-7-5-9-13(15)17(23)21-19(27-3)20(28-4)22(29-21)18(24)14-10-6-8-12-16(14)26-2/h5-12H,1-4H3. The molecule has 0 aliphatic carbocycles. The van der Waals surface area contributed by atoms with E-state index in [-0.39, 0.29) is 32.8 Å². The first-order chi connectivity index (χ1) is 14.1. The number of hydrogen-bond donors (Lipinski definition) is 0. The lowest BCUT2D eigenvalue weighted by Crippen LogP contribution is -2.04. The summed E-state index contributed by atoms with van der Waals surface area (Å²) < 4.78 is 21.5. The summed E-state index contributed by atoms with van der Waals surface area (Å²) in [6.45, 7) is 0. The lowest BCUT2D eigenvalue weighted by Gasteiger charge is -2.08. The van der Waals surface area contributed by atoms with Crippen molar-refractivity contribution in [3.05, 3.63) is 69.4 Å². The maximum atomic E-state index is 13.2. The molecule has 0 fully saturated rings. The highest BCUT2D eigenvalue weighted by molar-refractivity contribution is 7.17. The highest BCUT2D eigenvalue weighted by Gasteiger charge is 2.31. The molecule has 0 unspecified atom stereocenters. The highest BCUT2D eigenvalue weighted by atomic mass is 32.1. The molecule has 150 valence electrons. The molecule has 0 atom stereocenters. The summed E-state index contributed by atoms with van der Waals surface area (Å²) in [6.07, 6.45) is 0. The predicted molar refractivity (Wildman–Crippen MR) is 110 cm³/mol. The van der Waals surface area contributed by atoms with Crippen molar-refractivity contribution in [1.29, 1.82) is 0 Å². The molecular weight excluding hydrogens is 392 g/mol. The van der Waals surface area contributed by atoms with Gasteiger partial charge in [-0.25, -0.2) is 0 Å². The summed E-state index contributed by atoms with van der Waals surface area (Å²) in [5, 5.41) is 0. The van der Waals surface area contributed by atoms with Crippen molar-refractivity contribution in [2.75, 3.05) is 28.4 Å². The van der Waals surface area contributed by atoms with E-state index in [1.54, 1.807) is 48.5 Å². The largest absolute Gasteiger partial charge is 0.496 e. The predicted octanol–water partition coefficient (Wildman–Crippen LogP) is 4.24. The number of thiophene rings is 1. The van der Waals surface area contributed by atoms with Crippen molar-refractivity contribution in [1.82, 2.24) is 0 Å². The number of hydrogen-bond acceptors (Lipinski definition) is 7. The summed E-state index contributed by atoms with van der Waals surface area (Å²) >= 11 is 1.02. The van der Waals surface area contributed by atoms with E-state index in [0.29, 0.717) is 22.6 Å². The van der Waals surface area contributed by atoms with E-state index in [9.17, 15) is 9.59 Å². The Bertz CT molecular complexity index is 971. The van der Waals surface area contributed by atoms with Crippen LogP contribution in [-0.4, -0.2) is 40.0 Å². The van der Waals surface area contributed by atoms with Crippen LogP contribution in [0.2, 0.25) is 0 Å². The molecule has 0 aliphatic rings. The van der Waals surface area contributed by atoms with Gasteiger partial charge in [0.05, 0.1) is 39.6 Å². The fourth-order valence-electron chi connectivity index (χ4n) is 2.98. The SMILES string of the molecule is COc1ccccc1C(=O)c1sc(C(=O)c2ccccc2OC)c(OC)c1OC. The molecule has 0 spiro atoms. The minimum Gasteiger partial charge on any atom is -0.496 e. The van der Waals surface area contributed by atoms with Crippen molar-refractivity contribution >= 4 is 22.9 Å². The Kier molecular flexibility index (Phi) is 6.19. The van der Waals surface area contributed by atoms with Gasteiger partial charge in [0, 0.05) is 0 Å². The van der Waals surface area contributed by atoms with Gasteiger partial charge in [-0.2, -0.15) is 0 Å². The molecular formula is C22H20O6S. The minimum atomic E-state index is -0.318. The van der Waals surface area contributed by atoms with Crippen LogP contribution >= 0.6 is 11.3 Å². The number of benzene rings is 2. The molecule has 29 heavy (non-hydrogen) atoms. The Morgan fingerprint density at radius 2 is 1.00 bits per heavy atom. The van der Waals surface area contributed by atoms with Crippen LogP contribution in [0.5, 0.6) is 23.0 Å². The summed E-state index contributed by atoms with van der Waals surface area (Å²) in [5.41, 5.74) is 0.738. The smallest absolute Gasteiger partial charge is 0.210 e. The highest BCUT2D eigenvalue weighted by Crippen LogP contribution is 2.45. The Morgan fingerprint density at radius 3 is 1.34 bits per heavy atom. The Labute approximate surface area is 172 Å². The first-order valence-corrected chi connectivity index (χ1v) is 9.49. The van der Waals surface area contributed by atoms with Crippen LogP contribution in [0.3, 0.4) is 0 Å². The molecule has 0 amide bonds. The average molecular weight is 412 g/mol. The lowest BCUT2D eigenvalue weighted by molar-refractivity contribution is 0.102. The van der Waals surface area contributed by atoms with E-state index in [0.717, 1.165) is 11.3 Å². The van der Waals surface area contributed by atoms with E-state index in [1.165, 1.54) is 28.4 Å². The van der Waals surface area contributed by atoms with Gasteiger partial charge in [-0.1, -0.05) is 24.3 Å². The molecule has 3 aromatic rings. The van der Waals surface area contributed by atoms with Crippen LogP contribution in [0.15, 0.2) is 48.5 Å². The van der Waals surface area contributed by atoms with E-state index in [1.807, 2.05) is 0 Å². The monoisotopic (exact) mass is 412 g/mol. The molecule has 0 radical (unpaired) electrons. The summed E-state index contributed by atoms with van der Waals surface area (Å²) in [4.78, 5) is 27.0. The molecule has 3 rings (SSSR count). The number of ketones is 2. The van der Waals surface area contributed by atoms with Crippen LogP contribution < -0.4 is 18.9 Å². The second-order valence-corrected chi connectivity index (χ2v) is 6.91.